The molecular formula is C9H15BN3O13P3-. The van der Waals surface area contributed by atoms with Crippen LogP contribution < -0.4 is 11.4 Å². The van der Waals surface area contributed by atoms with E-state index < -0.39 is 60.0 Å². The molecule has 16 nitrogen and oxygen atoms in total. The largest absolute Gasteiger partial charge is 0.485 e. The van der Waals surface area contributed by atoms with E-state index in [-0.39, 0.29) is 5.82 Å². The standard InChI is InChI=1S/C9H15BN3O13P3/c10-27(17,25-29(21,22)26-28(18,19)20)23-3-4-6(14)7(15)8(24-4)13-2-1-5(11)12-9(13)16/h1-2,4,6-8,14-15H,3H2,(H,21,22)(H2,11,12,16)(H2,18,19,20)/q-1/t4-,6-,7-,8-,27?/m1/s1. The molecule has 7 N–H and O–H groups in total. The molecule has 1 fully saturated rings. The van der Waals surface area contributed by atoms with E-state index in [0.29, 0.717) is 0 Å². The van der Waals surface area contributed by atoms with Crippen molar-refractivity contribution in [1.82, 2.24) is 9.55 Å². The van der Waals surface area contributed by atoms with Gasteiger partial charge in [0.25, 0.3) is 0 Å². The summed E-state index contributed by atoms with van der Waals surface area (Å²) in [5.74, 6) is -0.105. The molecule has 1 aromatic rings. The molecule has 0 saturated carbocycles. The van der Waals surface area contributed by atoms with Gasteiger partial charge in [-0.25, -0.2) is 18.2 Å². The summed E-state index contributed by atoms with van der Waals surface area (Å²) in [6.45, 7) is -0.893. The average molecular weight is 477 g/mol. The van der Waals surface area contributed by atoms with Crippen molar-refractivity contribution in [2.75, 3.05) is 12.3 Å². The van der Waals surface area contributed by atoms with E-state index in [1.165, 1.54) is 6.07 Å². The fourth-order valence-corrected chi connectivity index (χ4v) is 5.37. The second-order valence-electron chi connectivity index (χ2n) is 5.55. The van der Waals surface area contributed by atoms with Crippen LogP contribution in [0.15, 0.2) is 17.1 Å². The number of aliphatic hydroxyl groups excluding tert-OH is 2. The van der Waals surface area contributed by atoms with E-state index in [9.17, 15) is 28.7 Å². The molecule has 163 valence electrons. The molecule has 2 rings (SSSR count). The molecule has 0 bridgehead atoms. The van der Waals surface area contributed by atoms with Crippen LogP contribution in [0.4, 0.5) is 5.82 Å². The third-order valence-electron chi connectivity index (χ3n) is 3.31. The fourth-order valence-electron chi connectivity index (χ4n) is 2.21. The third-order valence-corrected chi connectivity index (χ3v) is 7.23. The summed E-state index contributed by atoms with van der Waals surface area (Å²) < 4.78 is 51.7. The normalized spacial score (nSPS) is 29.3. The molecule has 0 aliphatic carbocycles. The predicted octanol–water partition coefficient (Wildman–Crippen LogP) is -2.04. The number of nitrogen functional groups attached to an aromatic ring is 1. The Morgan fingerprint density at radius 3 is 2.38 bits per heavy atom. The van der Waals surface area contributed by atoms with E-state index in [1.807, 2.05) is 0 Å². The lowest BCUT2D eigenvalue weighted by atomic mass is 10.1. The first-order valence-electron chi connectivity index (χ1n) is 7.31. The van der Waals surface area contributed by atoms with Gasteiger partial charge in [0, 0.05) is 6.20 Å². The topological polar surface area (TPSA) is 250 Å². The van der Waals surface area contributed by atoms with Gasteiger partial charge in [-0.15, -0.1) is 0 Å². The van der Waals surface area contributed by atoms with Crippen LogP contribution in [0.2, 0.25) is 0 Å². The van der Waals surface area contributed by atoms with Crippen LogP contribution in [0, 0.1) is 0 Å². The lowest BCUT2D eigenvalue weighted by Crippen LogP contribution is -2.36. The van der Waals surface area contributed by atoms with Gasteiger partial charge in [0.1, 0.15) is 24.1 Å². The number of rotatable bonds is 8. The maximum Gasteiger partial charge on any atom is 0.485 e. The van der Waals surface area contributed by atoms with Crippen molar-refractivity contribution in [3.8, 4) is 0 Å². The van der Waals surface area contributed by atoms with Crippen LogP contribution in [0.25, 0.3) is 0 Å². The van der Waals surface area contributed by atoms with Crippen LogP contribution in [0.3, 0.4) is 0 Å². The van der Waals surface area contributed by atoms with Crippen LogP contribution >= 0.6 is 23.1 Å². The number of hydrogen-bond donors (Lipinski definition) is 6. The summed E-state index contributed by atoms with van der Waals surface area (Å²) in [5, 5.41) is 20.0. The molecule has 1 aliphatic heterocycles. The van der Waals surface area contributed by atoms with Crippen molar-refractivity contribution in [2.24, 2.45) is 0 Å². The predicted molar refractivity (Wildman–Crippen MR) is 92.2 cm³/mol. The highest BCUT2D eigenvalue weighted by Crippen LogP contribution is 2.66. The monoisotopic (exact) mass is 477 g/mol. The van der Waals surface area contributed by atoms with E-state index in [4.69, 9.17) is 32.7 Å². The number of anilines is 1. The number of phosphoric acid groups is 2. The zero-order valence-corrected chi connectivity index (χ0v) is 16.7. The Labute approximate surface area is 162 Å². The van der Waals surface area contributed by atoms with Crippen molar-refractivity contribution in [1.29, 1.82) is 0 Å². The molecule has 29 heavy (non-hydrogen) atoms. The third kappa shape index (κ3) is 6.79. The van der Waals surface area contributed by atoms with Crippen molar-refractivity contribution >= 4 is 36.5 Å². The van der Waals surface area contributed by atoms with Crippen LogP contribution in [-0.4, -0.2) is 66.9 Å². The Kier molecular flexibility index (Phi) is 7.28. The van der Waals surface area contributed by atoms with Gasteiger partial charge in [0.05, 0.1) is 14.1 Å². The summed E-state index contributed by atoms with van der Waals surface area (Å²) in [7, 11) is -11.0. The van der Waals surface area contributed by atoms with Gasteiger partial charge in [-0.1, -0.05) is 0 Å². The van der Waals surface area contributed by atoms with E-state index in [1.54, 1.807) is 0 Å². The van der Waals surface area contributed by atoms with Crippen molar-refractivity contribution in [2.45, 2.75) is 24.5 Å². The molecule has 0 aromatic carbocycles. The molecule has 2 heterocycles. The summed E-state index contributed by atoms with van der Waals surface area (Å²) in [6.07, 6.45) is -5.14. The number of nitrogens with zero attached hydrogens (tertiary/aromatic N) is 2. The molecule has 1 aromatic heterocycles. The smallest absolute Gasteiger partial charge is 0.443 e. The maximum atomic E-state index is 11.9. The number of aromatic nitrogens is 2. The summed E-state index contributed by atoms with van der Waals surface area (Å²) in [4.78, 5) is 41.3. The zero-order chi connectivity index (χ0) is 22.2. The minimum Gasteiger partial charge on any atom is -0.443 e. The number of nitrogens with two attached hydrogens (primary N) is 1. The molecule has 1 saturated heterocycles. The van der Waals surface area contributed by atoms with E-state index in [2.05, 4.69) is 18.1 Å². The van der Waals surface area contributed by atoms with Gasteiger partial charge < -0.3 is 52.0 Å². The first-order chi connectivity index (χ1) is 13.1. The Balaban J connectivity index is 2.05. The highest BCUT2D eigenvalue weighted by Gasteiger charge is 2.44. The molecule has 1 aliphatic rings. The molecule has 2 unspecified atom stereocenters. The van der Waals surface area contributed by atoms with Gasteiger partial charge in [-0.2, -0.15) is 9.29 Å². The van der Waals surface area contributed by atoms with Crippen molar-refractivity contribution in [3.63, 3.8) is 0 Å². The van der Waals surface area contributed by atoms with Gasteiger partial charge >= 0.3 is 21.3 Å². The quantitative estimate of drug-likeness (QED) is 0.174. The van der Waals surface area contributed by atoms with Gasteiger partial charge in [0.15, 0.2) is 6.23 Å². The van der Waals surface area contributed by atoms with Crippen LogP contribution in [0.1, 0.15) is 6.23 Å². The maximum absolute atomic E-state index is 11.9. The molecular weight excluding hydrogens is 462 g/mol. The van der Waals surface area contributed by atoms with Gasteiger partial charge in [-0.05, 0) is 6.07 Å². The fraction of sp³-hybridized carbons (Fsp3) is 0.556. The number of hydrogen-bond acceptors (Lipinski definition) is 12. The lowest BCUT2D eigenvalue weighted by molar-refractivity contribution is -0.0519. The second kappa shape index (κ2) is 8.67. The minimum absolute atomic E-state index is 0.105. The van der Waals surface area contributed by atoms with Crippen LogP contribution in [0.5, 0.6) is 0 Å². The van der Waals surface area contributed by atoms with Crippen molar-refractivity contribution in [3.05, 3.63) is 22.7 Å². The highest BCUT2D eigenvalue weighted by atomic mass is 31.3. The Morgan fingerprint density at radius 1 is 1.21 bits per heavy atom. The van der Waals surface area contributed by atoms with Crippen LogP contribution in [-0.2, 0) is 31.6 Å². The summed E-state index contributed by atoms with van der Waals surface area (Å²) >= 11 is 0. The summed E-state index contributed by atoms with van der Waals surface area (Å²) in [5.41, 5.74) is 4.43. The number of aliphatic hydroxyl groups is 2. The first kappa shape index (κ1) is 24.3. The Hall–Kier alpha value is -0.925. The lowest BCUT2D eigenvalue weighted by Gasteiger charge is -2.29. The highest BCUT2D eigenvalue weighted by molar-refractivity contribution is 7.84. The van der Waals surface area contributed by atoms with E-state index >= 15 is 0 Å². The molecule has 6 atom stereocenters. The second-order valence-corrected chi connectivity index (χ2v) is 10.1. The van der Waals surface area contributed by atoms with Gasteiger partial charge in [0.2, 0.25) is 0 Å². The molecule has 3 radical (unpaired) electrons. The molecule has 0 spiro atoms. The molecule has 20 heteroatoms. The minimum atomic E-state index is -5.59. The Bertz CT molecular complexity index is 951. The summed E-state index contributed by atoms with van der Waals surface area (Å²) in [6, 6.07) is 1.22. The molecule has 0 amide bonds. The SMILES string of the molecule is [B-]P(=O)(OC[C@H]1O[C@@H](n2ccc(N)nc2=O)[C@H](O)[C@@H]1O)OP(=O)(O)OP(=O)(O)O. The zero-order valence-electron chi connectivity index (χ0n) is 14.1. The van der Waals surface area contributed by atoms with Gasteiger partial charge in [-0.3, -0.25) is 4.57 Å². The van der Waals surface area contributed by atoms with Crippen molar-refractivity contribution < 1.29 is 56.5 Å². The first-order valence-corrected chi connectivity index (χ1v) is 11.9. The van der Waals surface area contributed by atoms with E-state index in [0.717, 1.165) is 10.8 Å². The average Bonchev–Trinajstić information content (AvgIpc) is 2.78. The number of ether oxygens (including phenoxy) is 1. The Morgan fingerprint density at radius 2 is 1.83 bits per heavy atom.